The molecule has 2 N–H and O–H groups in total. The van der Waals surface area contributed by atoms with E-state index in [-0.39, 0.29) is 12.5 Å². The highest BCUT2D eigenvalue weighted by molar-refractivity contribution is 5.94. The minimum absolute atomic E-state index is 0.0113. The van der Waals surface area contributed by atoms with Crippen molar-refractivity contribution in [1.82, 2.24) is 9.88 Å². The predicted molar refractivity (Wildman–Crippen MR) is 70.3 cm³/mol. The van der Waals surface area contributed by atoms with Crippen LogP contribution in [0.2, 0.25) is 0 Å². The second-order valence-corrected chi connectivity index (χ2v) is 4.13. The molecule has 94 valence electrons. The van der Waals surface area contributed by atoms with Gasteiger partial charge in [0.05, 0.1) is 0 Å². The lowest BCUT2D eigenvalue weighted by Crippen LogP contribution is -2.27. The van der Waals surface area contributed by atoms with Gasteiger partial charge < -0.3 is 15.4 Å². The first-order valence-corrected chi connectivity index (χ1v) is 5.56. The summed E-state index contributed by atoms with van der Waals surface area (Å²) in [6.45, 7) is -0.0113. The third-order valence-corrected chi connectivity index (χ3v) is 2.62. The Hall–Kier alpha value is -2.30. The van der Waals surface area contributed by atoms with Gasteiger partial charge in [-0.1, -0.05) is 0 Å². The van der Waals surface area contributed by atoms with Gasteiger partial charge in [0.2, 0.25) is 0 Å². The summed E-state index contributed by atoms with van der Waals surface area (Å²) in [5, 5.41) is 0.826. The second kappa shape index (κ2) is 4.91. The van der Waals surface area contributed by atoms with E-state index in [2.05, 4.69) is 4.98 Å². The third-order valence-electron chi connectivity index (χ3n) is 2.62. The number of benzene rings is 1. The SMILES string of the molecule is CN(C)C(=O)COc1ccc(N)c2cccnc12. The molecular formula is C13H15N3O2. The highest BCUT2D eigenvalue weighted by atomic mass is 16.5. The molecule has 1 aromatic carbocycles. The van der Waals surface area contributed by atoms with E-state index < -0.39 is 0 Å². The number of aromatic nitrogens is 1. The number of rotatable bonds is 3. The second-order valence-electron chi connectivity index (χ2n) is 4.13. The van der Waals surface area contributed by atoms with Gasteiger partial charge in [0.25, 0.3) is 5.91 Å². The Balaban J connectivity index is 2.29. The Morgan fingerprint density at radius 2 is 2.17 bits per heavy atom. The molecule has 2 aromatic rings. The average Bonchev–Trinajstić information content (AvgIpc) is 2.38. The molecule has 0 atom stereocenters. The summed E-state index contributed by atoms with van der Waals surface area (Å²) in [5.41, 5.74) is 7.17. The fourth-order valence-corrected chi connectivity index (χ4v) is 1.55. The van der Waals surface area contributed by atoms with Crippen molar-refractivity contribution in [2.75, 3.05) is 26.4 Å². The lowest BCUT2D eigenvalue weighted by Gasteiger charge is -2.12. The number of nitrogens with two attached hydrogens (primary N) is 1. The highest BCUT2D eigenvalue weighted by Gasteiger charge is 2.09. The normalized spacial score (nSPS) is 10.3. The molecule has 0 radical (unpaired) electrons. The number of hydrogen-bond donors (Lipinski definition) is 1. The molecule has 0 unspecified atom stereocenters. The summed E-state index contributed by atoms with van der Waals surface area (Å²) in [6.07, 6.45) is 1.67. The number of likely N-dealkylation sites (N-methyl/N-ethyl adjacent to an activating group) is 1. The minimum Gasteiger partial charge on any atom is -0.481 e. The average molecular weight is 245 g/mol. The summed E-state index contributed by atoms with van der Waals surface area (Å²) in [4.78, 5) is 17.2. The molecule has 0 aliphatic rings. The molecule has 5 heteroatoms. The van der Waals surface area contributed by atoms with Gasteiger partial charge in [-0.15, -0.1) is 0 Å². The van der Waals surface area contributed by atoms with E-state index >= 15 is 0 Å². The molecule has 0 aliphatic heterocycles. The van der Waals surface area contributed by atoms with Crippen LogP contribution in [0.3, 0.4) is 0 Å². The van der Waals surface area contributed by atoms with Gasteiger partial charge in [0, 0.05) is 31.4 Å². The van der Waals surface area contributed by atoms with Crippen LogP contribution in [-0.2, 0) is 4.79 Å². The fourth-order valence-electron chi connectivity index (χ4n) is 1.55. The van der Waals surface area contributed by atoms with Crippen LogP contribution >= 0.6 is 0 Å². The summed E-state index contributed by atoms with van der Waals surface area (Å²) in [7, 11) is 3.37. The minimum atomic E-state index is -0.101. The van der Waals surface area contributed by atoms with Gasteiger partial charge >= 0.3 is 0 Å². The molecular weight excluding hydrogens is 230 g/mol. The van der Waals surface area contributed by atoms with Gasteiger partial charge in [0.1, 0.15) is 11.3 Å². The van der Waals surface area contributed by atoms with Crippen LogP contribution in [0.5, 0.6) is 5.75 Å². The first-order valence-electron chi connectivity index (χ1n) is 5.56. The van der Waals surface area contributed by atoms with E-state index in [1.165, 1.54) is 4.90 Å². The molecule has 5 nitrogen and oxygen atoms in total. The third kappa shape index (κ3) is 2.34. The number of carbonyl (C=O) groups is 1. The van der Waals surface area contributed by atoms with Gasteiger partial charge in [-0.3, -0.25) is 9.78 Å². The molecule has 0 fully saturated rings. The van der Waals surface area contributed by atoms with Gasteiger partial charge in [0.15, 0.2) is 6.61 Å². The van der Waals surface area contributed by atoms with E-state index in [0.717, 1.165) is 5.39 Å². The van der Waals surface area contributed by atoms with Crippen molar-refractivity contribution >= 4 is 22.5 Å². The fraction of sp³-hybridized carbons (Fsp3) is 0.231. The molecule has 0 spiro atoms. The number of nitrogens with zero attached hydrogens (tertiary/aromatic N) is 2. The maximum atomic E-state index is 11.5. The van der Waals surface area contributed by atoms with Crippen molar-refractivity contribution in [3.05, 3.63) is 30.5 Å². The van der Waals surface area contributed by atoms with Crippen molar-refractivity contribution < 1.29 is 9.53 Å². The monoisotopic (exact) mass is 245 g/mol. The van der Waals surface area contributed by atoms with Crippen LogP contribution in [0.25, 0.3) is 10.9 Å². The Morgan fingerprint density at radius 3 is 2.89 bits per heavy atom. The number of pyridine rings is 1. The lowest BCUT2D eigenvalue weighted by molar-refractivity contribution is -0.130. The molecule has 1 heterocycles. The zero-order valence-electron chi connectivity index (χ0n) is 10.4. The zero-order valence-corrected chi connectivity index (χ0v) is 10.4. The smallest absolute Gasteiger partial charge is 0.259 e. The number of hydrogen-bond acceptors (Lipinski definition) is 4. The molecule has 1 aromatic heterocycles. The summed E-state index contributed by atoms with van der Waals surface area (Å²) in [5.74, 6) is 0.464. The Kier molecular flexibility index (Phi) is 3.32. The Morgan fingerprint density at radius 1 is 1.39 bits per heavy atom. The van der Waals surface area contributed by atoms with Crippen molar-refractivity contribution in [3.63, 3.8) is 0 Å². The van der Waals surface area contributed by atoms with Crippen molar-refractivity contribution in [2.24, 2.45) is 0 Å². The van der Waals surface area contributed by atoms with Crippen LogP contribution in [0.1, 0.15) is 0 Å². The maximum Gasteiger partial charge on any atom is 0.259 e. The standard InChI is InChI=1S/C13H15N3O2/c1-16(2)12(17)8-18-11-6-5-10(14)9-4-3-7-15-13(9)11/h3-7H,8,14H2,1-2H3. The van der Waals surface area contributed by atoms with Gasteiger partial charge in [-0.05, 0) is 24.3 Å². The van der Waals surface area contributed by atoms with Crippen molar-refractivity contribution in [2.45, 2.75) is 0 Å². The van der Waals surface area contributed by atoms with Crippen LogP contribution in [-0.4, -0.2) is 36.5 Å². The molecule has 2 rings (SSSR count). The Bertz CT molecular complexity index is 581. The predicted octanol–water partition coefficient (Wildman–Crippen LogP) is 1.28. The molecule has 0 bridgehead atoms. The number of carbonyl (C=O) groups excluding carboxylic acids is 1. The van der Waals surface area contributed by atoms with Crippen LogP contribution < -0.4 is 10.5 Å². The van der Waals surface area contributed by atoms with E-state index in [4.69, 9.17) is 10.5 Å². The van der Waals surface area contributed by atoms with E-state index in [1.54, 1.807) is 32.4 Å². The van der Waals surface area contributed by atoms with Crippen molar-refractivity contribution in [1.29, 1.82) is 0 Å². The van der Waals surface area contributed by atoms with Gasteiger partial charge in [-0.25, -0.2) is 0 Å². The molecule has 0 saturated heterocycles. The van der Waals surface area contributed by atoms with Crippen LogP contribution in [0, 0.1) is 0 Å². The number of amides is 1. The maximum absolute atomic E-state index is 11.5. The van der Waals surface area contributed by atoms with E-state index in [9.17, 15) is 4.79 Å². The topological polar surface area (TPSA) is 68.5 Å². The quantitative estimate of drug-likeness (QED) is 0.827. The number of ether oxygens (including phenoxy) is 1. The summed E-state index contributed by atoms with van der Waals surface area (Å²) < 4.78 is 5.49. The Labute approximate surface area is 105 Å². The van der Waals surface area contributed by atoms with Crippen LogP contribution in [0.15, 0.2) is 30.5 Å². The first kappa shape index (κ1) is 12.2. The van der Waals surface area contributed by atoms with E-state index in [1.807, 2.05) is 12.1 Å². The molecule has 1 amide bonds. The summed E-state index contributed by atoms with van der Waals surface area (Å²) in [6, 6.07) is 7.17. The largest absolute Gasteiger partial charge is 0.481 e. The number of nitrogen functional groups attached to an aromatic ring is 1. The number of fused-ring (bicyclic) bond motifs is 1. The zero-order chi connectivity index (χ0) is 13.1. The molecule has 0 saturated carbocycles. The summed E-state index contributed by atoms with van der Waals surface area (Å²) >= 11 is 0. The first-order chi connectivity index (χ1) is 8.59. The van der Waals surface area contributed by atoms with E-state index in [0.29, 0.717) is 17.0 Å². The molecule has 0 aliphatic carbocycles. The number of anilines is 1. The van der Waals surface area contributed by atoms with Crippen molar-refractivity contribution in [3.8, 4) is 5.75 Å². The molecule has 18 heavy (non-hydrogen) atoms. The van der Waals surface area contributed by atoms with Gasteiger partial charge in [-0.2, -0.15) is 0 Å². The highest BCUT2D eigenvalue weighted by Crippen LogP contribution is 2.27. The lowest BCUT2D eigenvalue weighted by atomic mass is 10.2. The van der Waals surface area contributed by atoms with Crippen LogP contribution in [0.4, 0.5) is 5.69 Å².